The van der Waals surface area contributed by atoms with Crippen LogP contribution in [0.5, 0.6) is 0 Å². The number of rotatable bonds is 6. The normalized spacial score (nSPS) is 16.7. The fourth-order valence-electron chi connectivity index (χ4n) is 3.27. The van der Waals surface area contributed by atoms with Crippen molar-refractivity contribution in [2.75, 3.05) is 32.7 Å². The average Bonchev–Trinajstić information content (AvgIpc) is 2.65. The van der Waals surface area contributed by atoms with E-state index in [2.05, 4.69) is 29.2 Å². The van der Waals surface area contributed by atoms with Gasteiger partial charge in [0.05, 0.1) is 4.90 Å². The second kappa shape index (κ2) is 8.29. The molecular formula is C20H25FN2O2S. The van der Waals surface area contributed by atoms with E-state index in [1.54, 1.807) is 6.92 Å². The van der Waals surface area contributed by atoms with Crippen molar-refractivity contribution in [1.82, 2.24) is 9.21 Å². The van der Waals surface area contributed by atoms with E-state index in [1.807, 2.05) is 6.07 Å². The van der Waals surface area contributed by atoms with Gasteiger partial charge in [-0.05, 0) is 55.6 Å². The SMILES string of the molecule is Cc1cc(S(=O)(=O)N2CCN(CCCc3ccccc3)CC2)ccc1F. The molecule has 0 atom stereocenters. The molecule has 0 amide bonds. The summed E-state index contributed by atoms with van der Waals surface area (Å²) < 4.78 is 40.4. The van der Waals surface area contributed by atoms with Gasteiger partial charge in [-0.25, -0.2) is 12.8 Å². The zero-order chi connectivity index (χ0) is 18.6. The average molecular weight is 376 g/mol. The van der Waals surface area contributed by atoms with Crippen molar-refractivity contribution >= 4 is 10.0 Å². The number of aryl methyl sites for hydroxylation is 2. The van der Waals surface area contributed by atoms with Gasteiger partial charge in [0.2, 0.25) is 10.0 Å². The molecule has 1 heterocycles. The third-order valence-electron chi connectivity index (χ3n) is 4.88. The highest BCUT2D eigenvalue weighted by Gasteiger charge is 2.28. The molecule has 1 aliphatic heterocycles. The minimum atomic E-state index is -3.55. The quantitative estimate of drug-likeness (QED) is 0.778. The number of sulfonamides is 1. The van der Waals surface area contributed by atoms with Gasteiger partial charge in [-0.3, -0.25) is 0 Å². The summed E-state index contributed by atoms with van der Waals surface area (Å²) in [5, 5.41) is 0. The van der Waals surface area contributed by atoms with E-state index in [4.69, 9.17) is 0 Å². The van der Waals surface area contributed by atoms with Crippen molar-refractivity contribution in [2.24, 2.45) is 0 Å². The largest absolute Gasteiger partial charge is 0.301 e. The minimum absolute atomic E-state index is 0.175. The van der Waals surface area contributed by atoms with Crippen molar-refractivity contribution in [3.8, 4) is 0 Å². The summed E-state index contributed by atoms with van der Waals surface area (Å²) in [7, 11) is -3.55. The summed E-state index contributed by atoms with van der Waals surface area (Å²) in [4.78, 5) is 2.49. The second-order valence-corrected chi connectivity index (χ2v) is 8.68. The minimum Gasteiger partial charge on any atom is -0.301 e. The lowest BCUT2D eigenvalue weighted by molar-refractivity contribution is 0.187. The molecule has 4 nitrogen and oxygen atoms in total. The van der Waals surface area contributed by atoms with E-state index in [-0.39, 0.29) is 10.7 Å². The van der Waals surface area contributed by atoms with Gasteiger partial charge in [0.1, 0.15) is 5.82 Å². The van der Waals surface area contributed by atoms with Crippen LogP contribution in [-0.2, 0) is 16.4 Å². The Balaban J connectivity index is 1.52. The molecule has 0 radical (unpaired) electrons. The number of hydrogen-bond acceptors (Lipinski definition) is 3. The first kappa shape index (κ1) is 19.0. The maximum atomic E-state index is 13.4. The Morgan fingerprint density at radius 1 is 1.00 bits per heavy atom. The molecule has 0 bridgehead atoms. The van der Waals surface area contributed by atoms with Crippen LogP contribution in [0.2, 0.25) is 0 Å². The van der Waals surface area contributed by atoms with Crippen molar-refractivity contribution < 1.29 is 12.8 Å². The Bertz CT molecular complexity index is 832. The predicted octanol–water partition coefficient (Wildman–Crippen LogP) is 3.07. The number of hydrogen-bond donors (Lipinski definition) is 0. The van der Waals surface area contributed by atoms with E-state index in [0.29, 0.717) is 18.7 Å². The van der Waals surface area contributed by atoms with Crippen LogP contribution in [0.25, 0.3) is 0 Å². The maximum absolute atomic E-state index is 13.4. The van der Waals surface area contributed by atoms with Gasteiger partial charge in [-0.2, -0.15) is 4.31 Å². The predicted molar refractivity (Wildman–Crippen MR) is 101 cm³/mol. The van der Waals surface area contributed by atoms with E-state index in [9.17, 15) is 12.8 Å². The molecular weight excluding hydrogens is 351 g/mol. The highest BCUT2D eigenvalue weighted by molar-refractivity contribution is 7.89. The van der Waals surface area contributed by atoms with E-state index in [0.717, 1.165) is 32.5 Å². The van der Waals surface area contributed by atoms with Gasteiger partial charge < -0.3 is 4.90 Å². The summed E-state index contributed by atoms with van der Waals surface area (Å²) in [6, 6.07) is 14.4. The fraction of sp³-hybridized carbons (Fsp3) is 0.400. The van der Waals surface area contributed by atoms with E-state index in [1.165, 1.54) is 28.1 Å². The van der Waals surface area contributed by atoms with Crippen molar-refractivity contribution in [2.45, 2.75) is 24.7 Å². The smallest absolute Gasteiger partial charge is 0.243 e. The molecule has 140 valence electrons. The highest BCUT2D eigenvalue weighted by atomic mass is 32.2. The van der Waals surface area contributed by atoms with Crippen LogP contribution in [0.4, 0.5) is 4.39 Å². The molecule has 0 aliphatic carbocycles. The molecule has 2 aromatic rings. The van der Waals surface area contributed by atoms with Crippen LogP contribution in [0.3, 0.4) is 0 Å². The maximum Gasteiger partial charge on any atom is 0.243 e. The molecule has 0 N–H and O–H groups in total. The van der Waals surface area contributed by atoms with Crippen LogP contribution in [0.15, 0.2) is 53.4 Å². The Morgan fingerprint density at radius 3 is 2.35 bits per heavy atom. The van der Waals surface area contributed by atoms with E-state index >= 15 is 0 Å². The monoisotopic (exact) mass is 376 g/mol. The molecule has 1 saturated heterocycles. The Kier molecular flexibility index (Phi) is 6.06. The number of piperazine rings is 1. The van der Waals surface area contributed by atoms with Gasteiger partial charge in [-0.15, -0.1) is 0 Å². The Labute approximate surface area is 155 Å². The van der Waals surface area contributed by atoms with Crippen molar-refractivity contribution in [1.29, 1.82) is 0 Å². The van der Waals surface area contributed by atoms with Crippen LogP contribution < -0.4 is 0 Å². The molecule has 0 saturated carbocycles. The molecule has 0 unspecified atom stereocenters. The third-order valence-corrected chi connectivity index (χ3v) is 6.78. The molecule has 1 aliphatic rings. The lowest BCUT2D eigenvalue weighted by Crippen LogP contribution is -2.48. The zero-order valence-corrected chi connectivity index (χ0v) is 15.9. The number of halogens is 1. The molecule has 2 aromatic carbocycles. The first-order valence-electron chi connectivity index (χ1n) is 8.99. The third kappa shape index (κ3) is 4.50. The zero-order valence-electron chi connectivity index (χ0n) is 15.1. The van der Waals surface area contributed by atoms with Gasteiger partial charge >= 0.3 is 0 Å². The topological polar surface area (TPSA) is 40.6 Å². The molecule has 26 heavy (non-hydrogen) atoms. The fourth-order valence-corrected chi connectivity index (χ4v) is 4.78. The van der Waals surface area contributed by atoms with Crippen LogP contribution in [0.1, 0.15) is 17.5 Å². The molecule has 3 rings (SSSR count). The van der Waals surface area contributed by atoms with Gasteiger partial charge in [0.15, 0.2) is 0 Å². The van der Waals surface area contributed by atoms with Crippen molar-refractivity contribution in [3.05, 3.63) is 65.5 Å². The highest BCUT2D eigenvalue weighted by Crippen LogP contribution is 2.20. The summed E-state index contributed by atoms with van der Waals surface area (Å²) >= 11 is 0. The van der Waals surface area contributed by atoms with Crippen LogP contribution in [0, 0.1) is 12.7 Å². The van der Waals surface area contributed by atoms with Gasteiger partial charge in [0, 0.05) is 26.2 Å². The van der Waals surface area contributed by atoms with Crippen molar-refractivity contribution in [3.63, 3.8) is 0 Å². The first-order chi connectivity index (χ1) is 12.5. The molecule has 6 heteroatoms. The summed E-state index contributed by atoms with van der Waals surface area (Å²) in [6.45, 7) is 4.97. The lowest BCUT2D eigenvalue weighted by Gasteiger charge is -2.34. The summed E-state index contributed by atoms with van der Waals surface area (Å²) in [5.41, 5.74) is 1.69. The molecule has 1 fully saturated rings. The standard InChI is InChI=1S/C20H25FN2O2S/c1-17-16-19(9-10-20(17)21)26(24,25)23-14-12-22(13-15-23)11-5-8-18-6-3-2-4-7-18/h2-4,6-7,9-10,16H,5,8,11-15H2,1H3. The Hall–Kier alpha value is -1.76. The first-order valence-corrected chi connectivity index (χ1v) is 10.4. The number of nitrogens with zero attached hydrogens (tertiary/aromatic N) is 2. The summed E-state index contributed by atoms with van der Waals surface area (Å²) in [6.07, 6.45) is 2.10. The summed E-state index contributed by atoms with van der Waals surface area (Å²) in [5.74, 6) is -0.382. The Morgan fingerprint density at radius 2 is 1.69 bits per heavy atom. The number of benzene rings is 2. The van der Waals surface area contributed by atoms with Crippen LogP contribution in [-0.4, -0.2) is 50.3 Å². The van der Waals surface area contributed by atoms with Gasteiger partial charge in [0.25, 0.3) is 0 Å². The van der Waals surface area contributed by atoms with Gasteiger partial charge in [-0.1, -0.05) is 30.3 Å². The molecule has 0 aromatic heterocycles. The molecule has 0 spiro atoms. The second-order valence-electron chi connectivity index (χ2n) is 6.75. The lowest BCUT2D eigenvalue weighted by atomic mass is 10.1. The van der Waals surface area contributed by atoms with Crippen LogP contribution >= 0.6 is 0 Å². The van der Waals surface area contributed by atoms with E-state index < -0.39 is 10.0 Å².